The molecule has 0 aromatic rings. The maximum absolute atomic E-state index is 11.2. The molecule has 0 aromatic carbocycles. The van der Waals surface area contributed by atoms with Crippen molar-refractivity contribution in [2.24, 2.45) is 0 Å². The maximum Gasteiger partial charge on any atom is 0.0835 e. The van der Waals surface area contributed by atoms with Gasteiger partial charge >= 0.3 is 0 Å². The van der Waals surface area contributed by atoms with Crippen molar-refractivity contribution in [1.82, 2.24) is 0 Å². The van der Waals surface area contributed by atoms with E-state index in [1.165, 1.54) is 23.9 Å². The Morgan fingerprint density at radius 1 is 1.00 bits per heavy atom. The molecule has 0 aliphatic carbocycles. The van der Waals surface area contributed by atoms with Gasteiger partial charge in [0, 0.05) is 11.5 Å². The number of rotatable bonds is 4. The van der Waals surface area contributed by atoms with Crippen LogP contribution >= 0.6 is 25.3 Å². The zero-order valence-electron chi connectivity index (χ0n) is 5.39. The molecule has 60 valence electrons. The van der Waals surface area contributed by atoms with E-state index in [-0.39, 0.29) is 13.5 Å². The van der Waals surface area contributed by atoms with E-state index in [0.29, 0.717) is 24.2 Å². The number of thioether (sulfide) groups is 1. The lowest BCUT2D eigenvalue weighted by atomic mass is 10.7. The van der Waals surface area contributed by atoms with Gasteiger partial charge in [-0.2, -0.15) is 25.3 Å². The lowest BCUT2D eigenvalue weighted by Crippen LogP contribution is -1.71. The predicted octanol–water partition coefficient (Wildman–Crippen LogP) is 2.80. The number of hydrogen-bond donors (Lipinski definition) is 0. The van der Waals surface area contributed by atoms with Crippen LogP contribution < -0.4 is 0 Å². The van der Waals surface area contributed by atoms with Crippen molar-refractivity contribution in [3.8, 4) is 0 Å². The predicted molar refractivity (Wildman–Crippen MR) is 48.2 cm³/mol. The summed E-state index contributed by atoms with van der Waals surface area (Å²) in [5.74, 6) is 1.20. The van der Waals surface area contributed by atoms with Gasteiger partial charge in [0.25, 0.3) is 0 Å². The number of hydrogen-bond acceptors (Lipinski definition) is 1. The molecule has 0 aliphatic rings. The largest absolute Gasteiger partial charge is 0.216 e. The first kappa shape index (κ1) is 12.7. The summed E-state index contributed by atoms with van der Waals surface area (Å²) in [4.78, 5) is 0. The van der Waals surface area contributed by atoms with Gasteiger partial charge in [0.2, 0.25) is 0 Å². The third-order valence-corrected chi connectivity index (χ3v) is 1.46. The Balaban J connectivity index is 0. The minimum absolute atomic E-state index is 0. The molecular weight excluding hydrogens is 174 g/mol. The fraction of sp³-hybridized carbons (Fsp3) is 0.333. The van der Waals surface area contributed by atoms with Crippen LogP contribution in [0.2, 0.25) is 0 Å². The summed E-state index contributed by atoms with van der Waals surface area (Å²) in [6.07, 6.45) is 3.76. The molecule has 10 heavy (non-hydrogen) atoms. The van der Waals surface area contributed by atoms with Gasteiger partial charge in [0.1, 0.15) is 0 Å². The fourth-order valence-corrected chi connectivity index (χ4v) is 0.831. The second-order valence-corrected chi connectivity index (χ2v) is 2.34. The molecule has 0 saturated carbocycles. The van der Waals surface area contributed by atoms with Gasteiger partial charge in [-0.25, -0.2) is 8.78 Å². The topological polar surface area (TPSA) is 0 Å². The van der Waals surface area contributed by atoms with Gasteiger partial charge in [-0.1, -0.05) is 0 Å². The monoisotopic (exact) mass is 184 g/mol. The van der Waals surface area contributed by atoms with Crippen molar-refractivity contribution >= 4 is 25.3 Å². The van der Waals surface area contributed by atoms with E-state index in [1.54, 1.807) is 0 Å². The molecule has 0 fully saturated rings. The summed E-state index contributed by atoms with van der Waals surface area (Å²) in [5.41, 5.74) is 0. The highest BCUT2D eigenvalue weighted by Gasteiger charge is 1.78. The summed E-state index contributed by atoms with van der Waals surface area (Å²) in [6, 6.07) is 0. The molecule has 0 bridgehead atoms. The Bertz CT molecular complexity index is 89.9. The molecule has 0 aromatic heterocycles. The van der Waals surface area contributed by atoms with E-state index in [1.807, 2.05) is 0 Å². The van der Waals surface area contributed by atoms with E-state index in [4.69, 9.17) is 0 Å². The van der Waals surface area contributed by atoms with Gasteiger partial charge in [0.05, 0.1) is 12.7 Å². The van der Waals surface area contributed by atoms with Crippen LogP contribution in [-0.2, 0) is 0 Å². The highest BCUT2D eigenvalue weighted by Crippen LogP contribution is 1.99. The number of halogens is 2. The third-order valence-electron chi connectivity index (χ3n) is 0.606. The molecule has 0 amide bonds. The standard InChI is InChI=1S/C6H8F2S.H2S/c7-3-1-5-9-6-2-4-8;/h1-4H,5-6H2;1H2. The molecule has 0 unspecified atom stereocenters. The minimum Gasteiger partial charge on any atom is -0.216 e. The van der Waals surface area contributed by atoms with Crippen LogP contribution in [0.5, 0.6) is 0 Å². The van der Waals surface area contributed by atoms with Crippen LogP contribution in [0.3, 0.4) is 0 Å². The molecule has 0 spiro atoms. The first-order chi connectivity index (χ1) is 4.41. The fourth-order valence-electron chi connectivity index (χ4n) is 0.277. The molecule has 0 N–H and O–H groups in total. The molecule has 0 rings (SSSR count). The highest BCUT2D eigenvalue weighted by molar-refractivity contribution is 7.99. The van der Waals surface area contributed by atoms with Gasteiger partial charge in [0.15, 0.2) is 0 Å². The zero-order chi connectivity index (χ0) is 6.95. The zero-order valence-corrected chi connectivity index (χ0v) is 7.20. The Morgan fingerprint density at radius 3 is 1.70 bits per heavy atom. The van der Waals surface area contributed by atoms with Crippen molar-refractivity contribution in [3.63, 3.8) is 0 Å². The van der Waals surface area contributed by atoms with Crippen molar-refractivity contribution in [1.29, 1.82) is 0 Å². The molecule has 0 radical (unpaired) electrons. The van der Waals surface area contributed by atoms with E-state index in [9.17, 15) is 8.78 Å². The molecule has 0 nitrogen and oxygen atoms in total. The van der Waals surface area contributed by atoms with E-state index in [2.05, 4.69) is 0 Å². The summed E-state index contributed by atoms with van der Waals surface area (Å²) in [6.45, 7) is 0. The van der Waals surface area contributed by atoms with Crippen LogP contribution in [0, 0.1) is 0 Å². The quantitative estimate of drug-likeness (QED) is 0.605. The average molecular weight is 184 g/mol. The van der Waals surface area contributed by atoms with E-state index in [0.717, 1.165) is 0 Å². The molecule has 0 saturated heterocycles. The van der Waals surface area contributed by atoms with Crippen molar-refractivity contribution in [3.05, 3.63) is 24.8 Å². The minimum atomic E-state index is 0. The molecular formula is C6H10F2S2. The summed E-state index contributed by atoms with van der Waals surface area (Å²) >= 11 is 1.45. The highest BCUT2D eigenvalue weighted by atomic mass is 32.2. The van der Waals surface area contributed by atoms with Crippen LogP contribution in [0.1, 0.15) is 0 Å². The molecule has 0 heterocycles. The molecule has 0 atom stereocenters. The smallest absolute Gasteiger partial charge is 0.0835 e. The van der Waals surface area contributed by atoms with Gasteiger partial charge < -0.3 is 0 Å². The Morgan fingerprint density at radius 2 is 1.40 bits per heavy atom. The van der Waals surface area contributed by atoms with Gasteiger partial charge in [-0.05, 0) is 12.2 Å². The summed E-state index contributed by atoms with van der Waals surface area (Å²) in [7, 11) is 0. The lowest BCUT2D eigenvalue weighted by molar-refractivity contribution is 0.719. The van der Waals surface area contributed by atoms with E-state index < -0.39 is 0 Å². The van der Waals surface area contributed by atoms with Crippen molar-refractivity contribution < 1.29 is 8.78 Å². The van der Waals surface area contributed by atoms with Crippen molar-refractivity contribution in [2.45, 2.75) is 0 Å². The van der Waals surface area contributed by atoms with Crippen molar-refractivity contribution in [2.75, 3.05) is 11.5 Å². The van der Waals surface area contributed by atoms with Gasteiger partial charge in [-0.15, -0.1) is 0 Å². The first-order valence-electron chi connectivity index (χ1n) is 2.50. The van der Waals surface area contributed by atoms with E-state index >= 15 is 0 Å². The Labute approximate surface area is 70.8 Å². The SMILES string of the molecule is FC=CCSCC=CF.S. The molecule has 4 heteroatoms. The molecule has 0 aliphatic heterocycles. The third kappa shape index (κ3) is 10.9. The lowest BCUT2D eigenvalue weighted by Gasteiger charge is -1.86. The summed E-state index contributed by atoms with van der Waals surface area (Å²) in [5, 5.41) is 0. The average Bonchev–Trinajstić information content (AvgIpc) is 1.89. The van der Waals surface area contributed by atoms with Gasteiger partial charge in [-0.3, -0.25) is 0 Å². The second-order valence-electron chi connectivity index (χ2n) is 1.26. The van der Waals surface area contributed by atoms with Crippen LogP contribution in [-0.4, -0.2) is 11.5 Å². The Kier molecular flexibility index (Phi) is 15.0. The van der Waals surface area contributed by atoms with Crippen LogP contribution in [0.4, 0.5) is 8.78 Å². The van der Waals surface area contributed by atoms with Crippen LogP contribution in [0.25, 0.3) is 0 Å². The Hall–Kier alpha value is 0.0400. The first-order valence-corrected chi connectivity index (χ1v) is 3.65. The maximum atomic E-state index is 11.2. The summed E-state index contributed by atoms with van der Waals surface area (Å²) < 4.78 is 22.4. The van der Waals surface area contributed by atoms with Crippen LogP contribution in [0.15, 0.2) is 24.8 Å². The normalized spacial score (nSPS) is 10.6. The second kappa shape index (κ2) is 11.8.